The predicted octanol–water partition coefficient (Wildman–Crippen LogP) is 4.37. The smallest absolute Gasteiger partial charge is 0.205 e. The van der Waals surface area contributed by atoms with Crippen molar-refractivity contribution in [1.29, 1.82) is 5.26 Å². The highest BCUT2D eigenvalue weighted by atomic mass is 16.5. The van der Waals surface area contributed by atoms with E-state index in [-0.39, 0.29) is 11.8 Å². The van der Waals surface area contributed by atoms with Crippen LogP contribution in [0.3, 0.4) is 0 Å². The third-order valence-corrected chi connectivity index (χ3v) is 4.49. The lowest BCUT2D eigenvalue weighted by Crippen LogP contribution is -2.21. The van der Waals surface area contributed by atoms with E-state index in [1.165, 1.54) is 5.56 Å². The maximum atomic E-state index is 9.62. The van der Waals surface area contributed by atoms with E-state index >= 15 is 0 Å². The van der Waals surface area contributed by atoms with E-state index in [0.717, 1.165) is 27.6 Å². The quantitative estimate of drug-likeness (QED) is 0.726. The number of nitrogens with two attached hydrogens (primary N) is 1. The third-order valence-electron chi connectivity index (χ3n) is 4.49. The molecular formula is C21H16N2O. The van der Waals surface area contributed by atoms with Gasteiger partial charge in [-0.3, -0.25) is 0 Å². The summed E-state index contributed by atoms with van der Waals surface area (Å²) in [6.45, 7) is 2.05. The summed E-state index contributed by atoms with van der Waals surface area (Å²) in [4.78, 5) is 0. The van der Waals surface area contributed by atoms with Crippen molar-refractivity contribution >= 4 is 10.8 Å². The summed E-state index contributed by atoms with van der Waals surface area (Å²) < 4.78 is 5.75. The lowest BCUT2D eigenvalue weighted by Gasteiger charge is -2.27. The third kappa shape index (κ3) is 2.21. The van der Waals surface area contributed by atoms with Crippen LogP contribution >= 0.6 is 0 Å². The Labute approximate surface area is 140 Å². The number of nitrogens with zero attached hydrogens (tertiary/aromatic N) is 1. The molecule has 116 valence electrons. The summed E-state index contributed by atoms with van der Waals surface area (Å²) in [5.74, 6) is 0.700. The number of nitriles is 1. The average Bonchev–Trinajstić information content (AvgIpc) is 2.60. The van der Waals surface area contributed by atoms with Crippen LogP contribution in [0.15, 0.2) is 72.1 Å². The predicted molar refractivity (Wildman–Crippen MR) is 94.4 cm³/mol. The lowest BCUT2D eigenvalue weighted by atomic mass is 9.82. The zero-order valence-corrected chi connectivity index (χ0v) is 13.3. The number of hydrogen-bond acceptors (Lipinski definition) is 3. The highest BCUT2D eigenvalue weighted by Crippen LogP contribution is 2.43. The normalized spacial score (nSPS) is 16.4. The van der Waals surface area contributed by atoms with Gasteiger partial charge in [0.05, 0.1) is 5.92 Å². The van der Waals surface area contributed by atoms with Gasteiger partial charge in [-0.05, 0) is 35.4 Å². The first kappa shape index (κ1) is 14.3. The molecule has 1 heterocycles. The topological polar surface area (TPSA) is 59.0 Å². The minimum atomic E-state index is -0.205. The molecule has 2 N–H and O–H groups in total. The van der Waals surface area contributed by atoms with Gasteiger partial charge >= 0.3 is 0 Å². The molecule has 0 aliphatic carbocycles. The van der Waals surface area contributed by atoms with Gasteiger partial charge < -0.3 is 10.5 Å². The van der Waals surface area contributed by atoms with Crippen molar-refractivity contribution in [3.05, 3.63) is 88.8 Å². The molecule has 1 aliphatic heterocycles. The number of hydrogen-bond donors (Lipinski definition) is 1. The van der Waals surface area contributed by atoms with Crippen molar-refractivity contribution in [2.75, 3.05) is 0 Å². The van der Waals surface area contributed by atoms with Gasteiger partial charge in [0.2, 0.25) is 5.88 Å². The molecule has 3 aromatic carbocycles. The van der Waals surface area contributed by atoms with Crippen molar-refractivity contribution in [2.24, 2.45) is 5.73 Å². The fourth-order valence-electron chi connectivity index (χ4n) is 3.25. The Kier molecular flexibility index (Phi) is 3.25. The highest BCUT2D eigenvalue weighted by Gasteiger charge is 2.30. The fourth-order valence-corrected chi connectivity index (χ4v) is 3.25. The number of allylic oxidation sites excluding steroid dienone is 1. The molecule has 0 spiro atoms. The van der Waals surface area contributed by atoms with Crippen LogP contribution in [0, 0.1) is 18.3 Å². The number of fused-ring (bicyclic) bond motifs is 2. The van der Waals surface area contributed by atoms with Crippen LogP contribution in [0.2, 0.25) is 0 Å². The van der Waals surface area contributed by atoms with Gasteiger partial charge in [0.1, 0.15) is 17.4 Å². The van der Waals surface area contributed by atoms with E-state index in [4.69, 9.17) is 10.5 Å². The first-order valence-electron chi connectivity index (χ1n) is 7.84. The zero-order chi connectivity index (χ0) is 16.7. The van der Waals surface area contributed by atoms with Crippen molar-refractivity contribution in [3.63, 3.8) is 0 Å². The van der Waals surface area contributed by atoms with Gasteiger partial charge in [-0.2, -0.15) is 5.26 Å². The van der Waals surface area contributed by atoms with Gasteiger partial charge in [-0.25, -0.2) is 0 Å². The largest absolute Gasteiger partial charge is 0.440 e. The first-order chi connectivity index (χ1) is 11.7. The van der Waals surface area contributed by atoms with Crippen LogP contribution in [0.1, 0.15) is 22.6 Å². The molecule has 3 heteroatoms. The van der Waals surface area contributed by atoms with Gasteiger partial charge in [0.25, 0.3) is 0 Å². The molecule has 1 atom stereocenters. The van der Waals surface area contributed by atoms with E-state index < -0.39 is 0 Å². The number of aryl methyl sites for hydroxylation is 1. The molecule has 0 aromatic heterocycles. The molecule has 3 nitrogen and oxygen atoms in total. The number of ether oxygens (including phenoxy) is 1. The van der Waals surface area contributed by atoms with Gasteiger partial charge in [-0.1, -0.05) is 54.1 Å². The molecule has 0 bridgehead atoms. The Morgan fingerprint density at radius 3 is 2.33 bits per heavy atom. The second-order valence-electron chi connectivity index (χ2n) is 6.07. The monoisotopic (exact) mass is 312 g/mol. The van der Waals surface area contributed by atoms with Gasteiger partial charge in [0, 0.05) is 5.56 Å². The SMILES string of the molecule is Cc1ccc([C@@H]2C(C#N)=C(N)Oc3cc4ccccc4cc32)cc1. The second kappa shape index (κ2) is 5.43. The van der Waals surface area contributed by atoms with E-state index in [1.54, 1.807) is 0 Å². The molecule has 0 unspecified atom stereocenters. The van der Waals surface area contributed by atoms with Crippen molar-refractivity contribution in [2.45, 2.75) is 12.8 Å². The van der Waals surface area contributed by atoms with Gasteiger partial charge in [0.15, 0.2) is 0 Å². The summed E-state index contributed by atoms with van der Waals surface area (Å²) in [5.41, 5.74) is 9.70. The Morgan fingerprint density at radius 1 is 1.00 bits per heavy atom. The van der Waals surface area contributed by atoms with Crippen LogP contribution < -0.4 is 10.5 Å². The molecular weight excluding hydrogens is 296 g/mol. The number of rotatable bonds is 1. The summed E-state index contributed by atoms with van der Waals surface area (Å²) in [7, 11) is 0. The minimum Gasteiger partial charge on any atom is -0.440 e. The second-order valence-corrected chi connectivity index (χ2v) is 6.07. The molecule has 0 saturated heterocycles. The van der Waals surface area contributed by atoms with Crippen LogP contribution in [0.25, 0.3) is 10.8 Å². The molecule has 0 amide bonds. The van der Waals surface area contributed by atoms with Crippen LogP contribution in [-0.2, 0) is 0 Å². The van der Waals surface area contributed by atoms with Crippen molar-refractivity contribution in [3.8, 4) is 11.8 Å². The molecule has 3 aromatic rings. The lowest BCUT2D eigenvalue weighted by molar-refractivity contribution is 0.394. The van der Waals surface area contributed by atoms with E-state index in [2.05, 4.69) is 42.5 Å². The van der Waals surface area contributed by atoms with E-state index in [1.807, 2.05) is 31.2 Å². The Bertz CT molecular complexity index is 1010. The van der Waals surface area contributed by atoms with E-state index in [9.17, 15) is 5.26 Å². The molecule has 0 saturated carbocycles. The van der Waals surface area contributed by atoms with Crippen LogP contribution in [0.5, 0.6) is 5.75 Å². The summed E-state index contributed by atoms with van der Waals surface area (Å²) in [5, 5.41) is 11.8. The zero-order valence-electron chi connectivity index (χ0n) is 13.3. The summed E-state index contributed by atoms with van der Waals surface area (Å²) >= 11 is 0. The molecule has 0 radical (unpaired) electrons. The summed E-state index contributed by atoms with van der Waals surface area (Å²) in [6.07, 6.45) is 0. The van der Waals surface area contributed by atoms with Crippen molar-refractivity contribution in [1.82, 2.24) is 0 Å². The van der Waals surface area contributed by atoms with Gasteiger partial charge in [-0.15, -0.1) is 0 Å². The highest BCUT2D eigenvalue weighted by molar-refractivity contribution is 5.86. The Balaban J connectivity index is 1.98. The minimum absolute atomic E-state index is 0.186. The standard InChI is InChI=1S/C21H16N2O/c1-13-6-8-14(9-7-13)20-17-10-15-4-2-3-5-16(15)11-19(17)24-21(23)18(20)12-22/h2-11,20H,23H2,1H3/t20-/m0/s1. The Hall–Kier alpha value is -3.25. The molecule has 4 rings (SSSR count). The van der Waals surface area contributed by atoms with Crippen LogP contribution in [-0.4, -0.2) is 0 Å². The van der Waals surface area contributed by atoms with Crippen molar-refractivity contribution < 1.29 is 4.74 Å². The maximum Gasteiger partial charge on any atom is 0.205 e. The average molecular weight is 312 g/mol. The molecule has 1 aliphatic rings. The molecule has 24 heavy (non-hydrogen) atoms. The summed E-state index contributed by atoms with van der Waals surface area (Å²) in [6, 6.07) is 22.6. The van der Waals surface area contributed by atoms with E-state index in [0.29, 0.717) is 5.57 Å². The van der Waals surface area contributed by atoms with Crippen LogP contribution in [0.4, 0.5) is 0 Å². The first-order valence-corrected chi connectivity index (χ1v) is 7.84. The molecule has 0 fully saturated rings. The Morgan fingerprint density at radius 2 is 1.67 bits per heavy atom. The number of benzene rings is 3. The maximum absolute atomic E-state index is 9.62. The fraction of sp³-hybridized carbons (Fsp3) is 0.0952.